The van der Waals surface area contributed by atoms with Gasteiger partial charge in [-0.3, -0.25) is 0 Å². The average molecular weight is 265 g/mol. The number of nitrogens with zero attached hydrogens (tertiary/aromatic N) is 3. The van der Waals surface area contributed by atoms with E-state index < -0.39 is 0 Å². The van der Waals surface area contributed by atoms with E-state index in [1.165, 1.54) is 12.8 Å². The Morgan fingerprint density at radius 2 is 2.45 bits per heavy atom. The molecule has 0 saturated carbocycles. The zero-order valence-corrected chi connectivity index (χ0v) is 8.95. The van der Waals surface area contributed by atoms with Gasteiger partial charge in [0.25, 0.3) is 0 Å². The summed E-state index contributed by atoms with van der Waals surface area (Å²) in [5.41, 5.74) is 0. The van der Waals surface area contributed by atoms with E-state index in [9.17, 15) is 0 Å². The maximum atomic E-state index is 4.22. The van der Waals surface area contributed by atoms with E-state index in [0.717, 1.165) is 3.83 Å². The molecule has 0 spiro atoms. The molecule has 1 rings (SSSR count). The highest BCUT2D eigenvalue weighted by Gasteiger charge is 2.04. The van der Waals surface area contributed by atoms with Crippen molar-refractivity contribution in [2.75, 3.05) is 0 Å². The Kier molecular flexibility index (Phi) is 3.29. The summed E-state index contributed by atoms with van der Waals surface area (Å²) in [6.45, 7) is 4.34. The van der Waals surface area contributed by atoms with Gasteiger partial charge < -0.3 is 0 Å². The number of hydrogen-bond donors (Lipinski definition) is 0. The first kappa shape index (κ1) is 8.96. The van der Waals surface area contributed by atoms with E-state index in [0.29, 0.717) is 6.04 Å². The molecular formula is C7H12IN3. The molecule has 11 heavy (non-hydrogen) atoms. The lowest BCUT2D eigenvalue weighted by molar-refractivity contribution is 0.452. The maximum Gasteiger partial charge on any atom is 0.211 e. The summed E-state index contributed by atoms with van der Waals surface area (Å²) in [6, 6.07) is 0.482. The van der Waals surface area contributed by atoms with Crippen LogP contribution in [0.4, 0.5) is 0 Å². The normalized spacial score (nSPS) is 13.4. The fourth-order valence-electron chi connectivity index (χ4n) is 1.02. The molecule has 1 aromatic heterocycles. The van der Waals surface area contributed by atoms with Gasteiger partial charge in [-0.25, -0.2) is 9.67 Å². The molecule has 0 aliphatic carbocycles. The minimum absolute atomic E-state index is 0.482. The quantitative estimate of drug-likeness (QED) is 0.785. The molecule has 3 nitrogen and oxygen atoms in total. The van der Waals surface area contributed by atoms with Crippen molar-refractivity contribution in [3.05, 3.63) is 10.2 Å². The molecule has 0 bridgehead atoms. The molecule has 0 radical (unpaired) electrons. The summed E-state index contributed by atoms with van der Waals surface area (Å²) in [5, 5.41) is 4.22. The van der Waals surface area contributed by atoms with Crippen LogP contribution >= 0.6 is 22.6 Å². The van der Waals surface area contributed by atoms with Gasteiger partial charge in [0.15, 0.2) is 0 Å². The van der Waals surface area contributed by atoms with Crippen LogP contribution in [0.5, 0.6) is 0 Å². The van der Waals surface area contributed by atoms with E-state index in [1.54, 1.807) is 6.33 Å². The predicted octanol–water partition coefficient (Wildman–Crippen LogP) is 2.24. The van der Waals surface area contributed by atoms with Crippen LogP contribution in [0.3, 0.4) is 0 Å². The lowest BCUT2D eigenvalue weighted by Gasteiger charge is -2.08. The zero-order valence-electron chi connectivity index (χ0n) is 6.79. The van der Waals surface area contributed by atoms with Gasteiger partial charge in [0, 0.05) is 22.6 Å². The van der Waals surface area contributed by atoms with Gasteiger partial charge in [0.2, 0.25) is 3.83 Å². The SMILES string of the molecule is CCCC(C)n1cnc(I)n1. The minimum Gasteiger partial charge on any atom is -0.249 e. The Labute approximate surface area is 80.3 Å². The predicted molar refractivity (Wildman–Crippen MR) is 52.4 cm³/mol. The lowest BCUT2D eigenvalue weighted by Crippen LogP contribution is -2.05. The first-order chi connectivity index (χ1) is 5.24. The molecule has 1 atom stereocenters. The summed E-state index contributed by atoms with van der Waals surface area (Å²) in [4.78, 5) is 4.06. The smallest absolute Gasteiger partial charge is 0.211 e. The van der Waals surface area contributed by atoms with Crippen LogP contribution in [-0.4, -0.2) is 14.8 Å². The highest BCUT2D eigenvalue weighted by molar-refractivity contribution is 14.1. The van der Waals surface area contributed by atoms with Crippen molar-refractivity contribution in [1.29, 1.82) is 0 Å². The Balaban J connectivity index is 2.60. The second-order valence-electron chi connectivity index (χ2n) is 2.63. The molecule has 0 amide bonds. The maximum absolute atomic E-state index is 4.22. The second-order valence-corrected chi connectivity index (χ2v) is 3.60. The monoisotopic (exact) mass is 265 g/mol. The van der Waals surface area contributed by atoms with Crippen LogP contribution in [0.25, 0.3) is 0 Å². The highest BCUT2D eigenvalue weighted by Crippen LogP contribution is 2.10. The first-order valence-corrected chi connectivity index (χ1v) is 4.88. The fourth-order valence-corrected chi connectivity index (χ4v) is 1.39. The van der Waals surface area contributed by atoms with Crippen LogP contribution in [0.15, 0.2) is 6.33 Å². The van der Waals surface area contributed by atoms with Gasteiger partial charge in [-0.1, -0.05) is 13.3 Å². The van der Waals surface area contributed by atoms with Crippen molar-refractivity contribution in [1.82, 2.24) is 14.8 Å². The summed E-state index contributed by atoms with van der Waals surface area (Å²) in [5.74, 6) is 0. The number of aromatic nitrogens is 3. The Hall–Kier alpha value is -0.130. The van der Waals surface area contributed by atoms with Crippen molar-refractivity contribution in [2.45, 2.75) is 32.7 Å². The molecule has 62 valence electrons. The lowest BCUT2D eigenvalue weighted by atomic mass is 10.2. The fraction of sp³-hybridized carbons (Fsp3) is 0.714. The third kappa shape index (κ3) is 2.43. The van der Waals surface area contributed by atoms with Gasteiger partial charge in [-0.15, -0.1) is 5.10 Å². The third-order valence-electron chi connectivity index (χ3n) is 1.64. The third-order valence-corrected chi connectivity index (χ3v) is 2.13. The van der Waals surface area contributed by atoms with Crippen LogP contribution < -0.4 is 0 Å². The molecule has 1 aromatic rings. The van der Waals surface area contributed by atoms with Crippen molar-refractivity contribution in [2.24, 2.45) is 0 Å². The molecule has 0 aromatic carbocycles. The molecule has 1 unspecified atom stereocenters. The molecule has 0 saturated heterocycles. The minimum atomic E-state index is 0.482. The zero-order chi connectivity index (χ0) is 8.27. The van der Waals surface area contributed by atoms with Crippen molar-refractivity contribution < 1.29 is 0 Å². The molecule has 4 heteroatoms. The van der Waals surface area contributed by atoms with Crippen LogP contribution in [0, 0.1) is 3.83 Å². The molecule has 1 heterocycles. The highest BCUT2D eigenvalue weighted by atomic mass is 127. The van der Waals surface area contributed by atoms with Gasteiger partial charge in [0.1, 0.15) is 6.33 Å². The van der Waals surface area contributed by atoms with E-state index >= 15 is 0 Å². The van der Waals surface area contributed by atoms with Crippen molar-refractivity contribution in [3.8, 4) is 0 Å². The molecule has 0 aliphatic heterocycles. The molecule has 0 fully saturated rings. The Bertz CT molecular complexity index is 221. The van der Waals surface area contributed by atoms with E-state index in [-0.39, 0.29) is 0 Å². The molecule has 0 N–H and O–H groups in total. The number of rotatable bonds is 3. The first-order valence-electron chi connectivity index (χ1n) is 3.80. The summed E-state index contributed by atoms with van der Waals surface area (Å²) < 4.78 is 2.75. The summed E-state index contributed by atoms with van der Waals surface area (Å²) in [6.07, 6.45) is 4.15. The molecular weight excluding hydrogens is 253 g/mol. The number of halogens is 1. The van der Waals surface area contributed by atoms with Crippen LogP contribution in [-0.2, 0) is 0 Å². The number of hydrogen-bond acceptors (Lipinski definition) is 2. The Morgan fingerprint density at radius 3 is 2.91 bits per heavy atom. The van der Waals surface area contributed by atoms with Crippen LogP contribution in [0.2, 0.25) is 0 Å². The van der Waals surface area contributed by atoms with E-state index in [2.05, 4.69) is 46.5 Å². The second kappa shape index (κ2) is 4.04. The standard InChI is InChI=1S/C7H12IN3/c1-3-4-6(2)11-5-9-7(8)10-11/h5-6H,3-4H2,1-2H3. The topological polar surface area (TPSA) is 30.7 Å². The van der Waals surface area contributed by atoms with Gasteiger partial charge >= 0.3 is 0 Å². The van der Waals surface area contributed by atoms with Crippen molar-refractivity contribution in [3.63, 3.8) is 0 Å². The summed E-state index contributed by atoms with van der Waals surface area (Å²) >= 11 is 2.12. The Morgan fingerprint density at radius 1 is 1.73 bits per heavy atom. The van der Waals surface area contributed by atoms with Gasteiger partial charge in [-0.2, -0.15) is 0 Å². The average Bonchev–Trinajstić information content (AvgIpc) is 2.36. The molecule has 0 aliphatic rings. The van der Waals surface area contributed by atoms with Gasteiger partial charge in [0.05, 0.1) is 6.04 Å². The van der Waals surface area contributed by atoms with Crippen molar-refractivity contribution >= 4 is 22.6 Å². The summed E-state index contributed by atoms with van der Waals surface area (Å²) in [7, 11) is 0. The van der Waals surface area contributed by atoms with Gasteiger partial charge in [-0.05, 0) is 13.3 Å². The van der Waals surface area contributed by atoms with E-state index in [1.807, 2.05) is 4.68 Å². The van der Waals surface area contributed by atoms with Crippen LogP contribution in [0.1, 0.15) is 32.7 Å². The largest absolute Gasteiger partial charge is 0.249 e. The van der Waals surface area contributed by atoms with E-state index in [4.69, 9.17) is 0 Å².